The van der Waals surface area contributed by atoms with Crippen LogP contribution in [0, 0.1) is 6.92 Å². The third kappa shape index (κ3) is 4.54. The number of nitrogens with zero attached hydrogens (tertiary/aromatic N) is 2. The van der Waals surface area contributed by atoms with E-state index in [1.807, 2.05) is 25.1 Å². The molecule has 3 rings (SSSR count). The number of carbonyl (C=O) groups is 1. The Bertz CT molecular complexity index is 1050. The number of aryl methyl sites for hydroxylation is 2. The number of hydrogen-bond donors (Lipinski definition) is 1. The van der Waals surface area contributed by atoms with E-state index < -0.39 is 5.91 Å². The highest BCUT2D eigenvalue weighted by Gasteiger charge is 2.14. The number of anilines is 1. The molecule has 7 heteroatoms. The van der Waals surface area contributed by atoms with Crippen LogP contribution >= 0.6 is 11.6 Å². The quantitative estimate of drug-likeness (QED) is 0.731. The second kappa shape index (κ2) is 8.05. The summed E-state index contributed by atoms with van der Waals surface area (Å²) in [6.07, 6.45) is 3.08. The zero-order valence-corrected chi connectivity index (χ0v) is 15.7. The number of pyridine rings is 2. The van der Waals surface area contributed by atoms with Gasteiger partial charge in [-0.25, -0.2) is 4.98 Å². The van der Waals surface area contributed by atoms with Gasteiger partial charge in [-0.3, -0.25) is 9.59 Å². The number of nitrogens with one attached hydrogen (secondary N) is 1. The first-order valence-electron chi connectivity index (χ1n) is 8.25. The first kappa shape index (κ1) is 18.7. The molecule has 27 heavy (non-hydrogen) atoms. The smallest absolute Gasteiger partial charge is 0.273 e. The van der Waals surface area contributed by atoms with Gasteiger partial charge in [0.15, 0.2) is 5.75 Å². The van der Waals surface area contributed by atoms with E-state index in [0.29, 0.717) is 10.8 Å². The summed E-state index contributed by atoms with van der Waals surface area (Å²) in [5.41, 5.74) is 1.51. The van der Waals surface area contributed by atoms with Gasteiger partial charge in [-0.1, -0.05) is 29.8 Å². The summed E-state index contributed by atoms with van der Waals surface area (Å²) in [7, 11) is 1.67. The van der Waals surface area contributed by atoms with Crippen molar-refractivity contribution in [3.8, 4) is 5.75 Å². The third-order valence-electron chi connectivity index (χ3n) is 3.96. The van der Waals surface area contributed by atoms with Crippen LogP contribution in [0.3, 0.4) is 0 Å². The topological polar surface area (TPSA) is 73.2 Å². The molecule has 1 amide bonds. The molecule has 0 aliphatic rings. The Labute approximate surface area is 161 Å². The highest BCUT2D eigenvalue weighted by Crippen LogP contribution is 2.15. The molecule has 0 aliphatic heterocycles. The van der Waals surface area contributed by atoms with Crippen LogP contribution in [0.5, 0.6) is 5.75 Å². The largest absolute Gasteiger partial charge is 0.483 e. The predicted octanol–water partition coefficient (Wildman–Crippen LogP) is 3.57. The van der Waals surface area contributed by atoms with Crippen LogP contribution in [0.1, 0.15) is 21.6 Å². The molecular formula is C20H18ClN3O3. The maximum atomic E-state index is 12.5. The number of ether oxygens (including phenoxy) is 1. The van der Waals surface area contributed by atoms with Crippen molar-refractivity contribution in [2.45, 2.75) is 13.5 Å². The van der Waals surface area contributed by atoms with E-state index in [1.165, 1.54) is 12.3 Å². The second-order valence-corrected chi connectivity index (χ2v) is 6.48. The normalized spacial score (nSPS) is 10.5. The molecule has 2 aromatic heterocycles. The molecule has 0 spiro atoms. The van der Waals surface area contributed by atoms with E-state index in [9.17, 15) is 9.59 Å². The molecule has 0 atom stereocenters. The Kier molecular flexibility index (Phi) is 5.57. The molecule has 0 bridgehead atoms. The van der Waals surface area contributed by atoms with Gasteiger partial charge in [0.05, 0.1) is 6.20 Å². The Morgan fingerprint density at radius 1 is 1.26 bits per heavy atom. The minimum Gasteiger partial charge on any atom is -0.483 e. The lowest BCUT2D eigenvalue weighted by molar-refractivity contribution is 0.101. The molecule has 0 unspecified atom stereocenters. The first-order chi connectivity index (χ1) is 12.9. The molecule has 0 aliphatic carbocycles. The molecule has 6 nitrogen and oxygen atoms in total. The molecule has 138 valence electrons. The second-order valence-electron chi connectivity index (χ2n) is 6.04. The van der Waals surface area contributed by atoms with Crippen LogP contribution in [-0.2, 0) is 13.7 Å². The van der Waals surface area contributed by atoms with Crippen molar-refractivity contribution >= 4 is 23.3 Å². The van der Waals surface area contributed by atoms with Crippen LogP contribution in [0.2, 0.25) is 5.02 Å². The van der Waals surface area contributed by atoms with Crippen molar-refractivity contribution in [3.05, 3.63) is 86.9 Å². The fourth-order valence-electron chi connectivity index (χ4n) is 2.52. The van der Waals surface area contributed by atoms with Crippen molar-refractivity contribution in [1.29, 1.82) is 0 Å². The number of carbonyl (C=O) groups excluding carboxylic acids is 1. The predicted molar refractivity (Wildman–Crippen MR) is 104 cm³/mol. The van der Waals surface area contributed by atoms with E-state index in [4.69, 9.17) is 16.3 Å². The van der Waals surface area contributed by atoms with Gasteiger partial charge < -0.3 is 14.6 Å². The van der Waals surface area contributed by atoms with E-state index >= 15 is 0 Å². The molecule has 0 fully saturated rings. The Morgan fingerprint density at radius 2 is 2.07 bits per heavy atom. The summed E-state index contributed by atoms with van der Waals surface area (Å²) in [6.45, 7) is 2.04. The summed E-state index contributed by atoms with van der Waals surface area (Å²) in [5, 5.41) is 3.31. The number of rotatable bonds is 5. The standard InChI is InChI=1S/C20H18ClN3O3/c1-13-5-4-8-22-19(13)23-20(26)16-10-17(25)18(11-24(16)2)27-12-14-6-3-7-15(21)9-14/h3-11H,12H2,1-2H3,(H,22,23,26). The Balaban J connectivity index is 1.77. The maximum absolute atomic E-state index is 12.5. The minimum atomic E-state index is -0.419. The molecular weight excluding hydrogens is 366 g/mol. The monoisotopic (exact) mass is 383 g/mol. The van der Waals surface area contributed by atoms with Crippen LogP contribution in [-0.4, -0.2) is 15.5 Å². The zero-order valence-electron chi connectivity index (χ0n) is 14.9. The average molecular weight is 384 g/mol. The van der Waals surface area contributed by atoms with Crippen molar-refractivity contribution in [2.24, 2.45) is 7.05 Å². The van der Waals surface area contributed by atoms with Crippen molar-refractivity contribution in [1.82, 2.24) is 9.55 Å². The van der Waals surface area contributed by atoms with Gasteiger partial charge in [-0.15, -0.1) is 0 Å². The van der Waals surface area contributed by atoms with E-state index in [2.05, 4.69) is 10.3 Å². The molecule has 0 saturated heterocycles. The van der Waals surface area contributed by atoms with Gasteiger partial charge in [0.2, 0.25) is 5.43 Å². The third-order valence-corrected chi connectivity index (χ3v) is 4.19. The van der Waals surface area contributed by atoms with Gasteiger partial charge >= 0.3 is 0 Å². The summed E-state index contributed by atoms with van der Waals surface area (Å²) in [5.74, 6) is 0.192. The van der Waals surface area contributed by atoms with Gasteiger partial charge in [-0.2, -0.15) is 0 Å². The zero-order chi connectivity index (χ0) is 19.4. The highest BCUT2D eigenvalue weighted by molar-refractivity contribution is 6.30. The van der Waals surface area contributed by atoms with Crippen LogP contribution in [0.15, 0.2) is 59.7 Å². The van der Waals surface area contributed by atoms with Gasteiger partial charge in [-0.05, 0) is 36.2 Å². The SMILES string of the molecule is Cc1cccnc1NC(=O)c1cc(=O)c(OCc2cccc(Cl)c2)cn1C. The first-order valence-corrected chi connectivity index (χ1v) is 8.63. The van der Waals surface area contributed by atoms with Crippen LogP contribution in [0.25, 0.3) is 0 Å². The fraction of sp³-hybridized carbons (Fsp3) is 0.150. The molecule has 2 heterocycles. The number of benzene rings is 1. The van der Waals surface area contributed by atoms with Crippen LogP contribution < -0.4 is 15.5 Å². The molecule has 3 aromatic rings. The Hall–Kier alpha value is -3.12. The minimum absolute atomic E-state index is 0.156. The summed E-state index contributed by atoms with van der Waals surface area (Å²) in [4.78, 5) is 29.0. The number of amides is 1. The van der Waals surface area contributed by atoms with Gasteiger partial charge in [0.1, 0.15) is 18.1 Å². The summed E-state index contributed by atoms with van der Waals surface area (Å²) < 4.78 is 7.14. The molecule has 0 saturated carbocycles. The van der Waals surface area contributed by atoms with E-state index in [0.717, 1.165) is 11.1 Å². The Morgan fingerprint density at radius 3 is 2.81 bits per heavy atom. The van der Waals surface area contributed by atoms with Crippen molar-refractivity contribution in [2.75, 3.05) is 5.32 Å². The van der Waals surface area contributed by atoms with Crippen molar-refractivity contribution < 1.29 is 9.53 Å². The summed E-state index contributed by atoms with van der Waals surface area (Å²) >= 11 is 5.95. The summed E-state index contributed by atoms with van der Waals surface area (Å²) in [6, 6.07) is 12.1. The van der Waals surface area contributed by atoms with Gasteiger partial charge in [0.25, 0.3) is 5.91 Å². The average Bonchev–Trinajstić information content (AvgIpc) is 2.64. The lowest BCUT2D eigenvalue weighted by Gasteiger charge is -2.12. The molecule has 1 aromatic carbocycles. The lowest BCUT2D eigenvalue weighted by atomic mass is 10.2. The fourth-order valence-corrected chi connectivity index (χ4v) is 2.73. The number of halogens is 1. The molecule has 1 N–H and O–H groups in total. The van der Waals surface area contributed by atoms with Crippen molar-refractivity contribution in [3.63, 3.8) is 0 Å². The maximum Gasteiger partial charge on any atom is 0.273 e. The highest BCUT2D eigenvalue weighted by atomic mass is 35.5. The van der Waals surface area contributed by atoms with Gasteiger partial charge in [0, 0.05) is 24.3 Å². The number of aromatic nitrogens is 2. The number of hydrogen-bond acceptors (Lipinski definition) is 4. The lowest BCUT2D eigenvalue weighted by Crippen LogP contribution is -2.22. The van der Waals surface area contributed by atoms with Crippen LogP contribution in [0.4, 0.5) is 5.82 Å². The van der Waals surface area contributed by atoms with E-state index in [1.54, 1.807) is 36.0 Å². The van der Waals surface area contributed by atoms with E-state index in [-0.39, 0.29) is 23.5 Å². The molecule has 0 radical (unpaired) electrons.